The predicted molar refractivity (Wildman–Crippen MR) is 112 cm³/mol. The van der Waals surface area contributed by atoms with Crippen molar-refractivity contribution < 1.29 is 8.42 Å². The lowest BCUT2D eigenvalue weighted by molar-refractivity contribution is 0.588. The van der Waals surface area contributed by atoms with Gasteiger partial charge in [-0.25, -0.2) is 18.3 Å². The first kappa shape index (κ1) is 23.5. The van der Waals surface area contributed by atoms with Crippen LogP contribution in [0.5, 0.6) is 0 Å². The van der Waals surface area contributed by atoms with Crippen molar-refractivity contribution in [3.8, 4) is 5.69 Å². The number of aromatic nitrogens is 5. The first-order valence-electron chi connectivity index (χ1n) is 8.05. The maximum absolute atomic E-state index is 13.0. The number of H-pyrrole nitrogens is 2. The summed E-state index contributed by atoms with van der Waals surface area (Å²) < 4.78 is 26.9. The summed E-state index contributed by atoms with van der Waals surface area (Å²) in [7, 11) is -4.30. The van der Waals surface area contributed by atoms with Gasteiger partial charge in [0.05, 0.1) is 15.7 Å². The van der Waals surface area contributed by atoms with E-state index in [4.69, 9.17) is 23.2 Å². The largest absolute Gasteiger partial charge is 0.349 e. The zero-order valence-electron chi connectivity index (χ0n) is 14.9. The lowest BCUT2D eigenvalue weighted by Gasteiger charge is -2.12. The van der Waals surface area contributed by atoms with Gasteiger partial charge in [0.25, 0.3) is 11.1 Å². The van der Waals surface area contributed by atoms with E-state index < -0.39 is 36.6 Å². The monoisotopic (exact) mass is 473 g/mol. The summed E-state index contributed by atoms with van der Waals surface area (Å²) >= 11 is 12.3. The van der Waals surface area contributed by atoms with Crippen LogP contribution in [0.2, 0.25) is 10.0 Å². The van der Waals surface area contributed by atoms with Gasteiger partial charge in [0.15, 0.2) is 5.03 Å². The third-order valence-corrected chi connectivity index (χ3v) is 6.47. The maximum Gasteiger partial charge on any atom is 0.349 e. The van der Waals surface area contributed by atoms with Gasteiger partial charge in [-0.3, -0.25) is 14.6 Å². The third-order valence-electron chi connectivity index (χ3n) is 3.92. The zero-order valence-corrected chi connectivity index (χ0v) is 17.3. The van der Waals surface area contributed by atoms with Gasteiger partial charge in [0.2, 0.25) is 9.84 Å². The number of halogens is 2. The topological polar surface area (TPSA) is 148 Å². The van der Waals surface area contributed by atoms with Crippen molar-refractivity contribution in [1.29, 1.82) is 0 Å². The predicted octanol–water partition coefficient (Wildman–Crippen LogP) is 1.90. The Bertz CT molecular complexity index is 1370. The molecule has 0 amide bonds. The maximum atomic E-state index is 13.0. The average molecular weight is 474 g/mol. The number of hydrogen-bond donors (Lipinski definition) is 2. The van der Waals surface area contributed by atoms with E-state index in [0.29, 0.717) is 0 Å². The summed E-state index contributed by atoms with van der Waals surface area (Å²) in [6.45, 7) is 3.45. The van der Waals surface area contributed by atoms with Gasteiger partial charge >= 0.3 is 5.69 Å². The Hall–Kier alpha value is -2.76. The molecule has 13 heteroatoms. The van der Waals surface area contributed by atoms with Crippen LogP contribution in [0.1, 0.15) is 32.8 Å². The molecule has 0 saturated heterocycles. The van der Waals surface area contributed by atoms with Crippen LogP contribution in [0.4, 0.5) is 0 Å². The second-order valence-corrected chi connectivity index (χ2v) is 8.89. The molecule has 160 valence electrons. The second-order valence-electron chi connectivity index (χ2n) is 6.24. The number of aromatic amines is 2. The van der Waals surface area contributed by atoms with Gasteiger partial charge in [0, 0.05) is 5.56 Å². The summed E-state index contributed by atoms with van der Waals surface area (Å²) in [5.41, 5.74) is -1.80. The first-order chi connectivity index (χ1) is 13.5. The number of nitrogens with zero attached hydrogens (tertiary/aromatic N) is 3. The van der Waals surface area contributed by atoms with Crippen LogP contribution in [0.15, 0.2) is 48.7 Å². The summed E-state index contributed by atoms with van der Waals surface area (Å²) in [4.78, 5) is 36.5. The summed E-state index contributed by atoms with van der Waals surface area (Å²) in [5, 5.41) is 8.39. The Kier molecular flexibility index (Phi) is 6.70. The minimum absolute atomic E-state index is 0. The molecule has 1 aromatic carbocycles. The van der Waals surface area contributed by atoms with Gasteiger partial charge in [-0.1, -0.05) is 44.5 Å². The lowest BCUT2D eigenvalue weighted by Crippen LogP contribution is -2.30. The van der Waals surface area contributed by atoms with Gasteiger partial charge in [-0.2, -0.15) is 14.9 Å². The summed E-state index contributed by atoms with van der Waals surface area (Å²) in [6, 6.07) is 3.47. The highest BCUT2D eigenvalue weighted by molar-refractivity contribution is 7.91. The van der Waals surface area contributed by atoms with Crippen LogP contribution in [-0.2, 0) is 9.84 Å². The fourth-order valence-corrected chi connectivity index (χ4v) is 4.91. The van der Waals surface area contributed by atoms with Crippen LogP contribution in [-0.4, -0.2) is 33.4 Å². The molecule has 0 atom stereocenters. The highest BCUT2D eigenvalue weighted by Gasteiger charge is 2.28. The normalized spacial score (nSPS) is 11.4. The molecular formula is C17H17Cl2N5O5S. The van der Waals surface area contributed by atoms with Crippen LogP contribution in [0.3, 0.4) is 0 Å². The number of benzene rings is 1. The Balaban J connectivity index is 0.00000320. The van der Waals surface area contributed by atoms with E-state index in [1.807, 2.05) is 4.98 Å². The number of hydrogen-bond acceptors (Lipinski definition) is 7. The van der Waals surface area contributed by atoms with Crippen molar-refractivity contribution in [2.75, 3.05) is 0 Å². The molecule has 0 fully saturated rings. The van der Waals surface area contributed by atoms with Crippen molar-refractivity contribution in [3.63, 3.8) is 0 Å². The average Bonchev–Trinajstić information content (AvgIpc) is 2.60. The van der Waals surface area contributed by atoms with Gasteiger partial charge in [0.1, 0.15) is 11.1 Å². The molecule has 2 N–H and O–H groups in total. The SMILES string of the molecule is C.CC(C)c1cc(S(=O)(=O)c2c(Cl)cc(-n3ncc(=O)[nH]c3=O)cc2Cl)n[nH]c1=O. The summed E-state index contributed by atoms with van der Waals surface area (Å²) in [5.74, 6) is -0.248. The second kappa shape index (κ2) is 8.54. The molecule has 3 rings (SSSR count). The molecule has 0 radical (unpaired) electrons. The quantitative estimate of drug-likeness (QED) is 0.587. The molecule has 0 unspecified atom stereocenters. The molecule has 2 aromatic heterocycles. The number of rotatable bonds is 4. The smallest absolute Gasteiger partial charge is 0.271 e. The Morgan fingerprint density at radius 2 is 1.67 bits per heavy atom. The molecule has 2 heterocycles. The Morgan fingerprint density at radius 1 is 1.07 bits per heavy atom. The molecule has 0 spiro atoms. The van der Waals surface area contributed by atoms with Gasteiger partial charge in [-0.05, 0) is 24.1 Å². The fourth-order valence-electron chi connectivity index (χ4n) is 2.54. The number of sulfone groups is 1. The van der Waals surface area contributed by atoms with Gasteiger partial charge < -0.3 is 0 Å². The van der Waals surface area contributed by atoms with E-state index in [9.17, 15) is 22.8 Å². The number of nitrogens with one attached hydrogen (secondary N) is 2. The zero-order chi connectivity index (χ0) is 21.5. The van der Waals surface area contributed by atoms with E-state index in [-0.39, 0.29) is 34.6 Å². The molecule has 0 aliphatic carbocycles. The molecule has 3 aromatic rings. The Labute approximate surface area is 180 Å². The van der Waals surface area contributed by atoms with Crippen LogP contribution >= 0.6 is 23.2 Å². The van der Waals surface area contributed by atoms with Crippen LogP contribution < -0.4 is 16.8 Å². The standard InChI is InChI=1S/C16H13Cl2N5O5S.CH4/c1-7(2)9-5-13(21-22-15(9)25)29(27,28)14-10(17)3-8(4-11(14)18)23-16(26)20-12(24)6-19-23;/h3-7H,1-2H3,(H,22,25)(H,20,24,26);1H4. The summed E-state index contributed by atoms with van der Waals surface area (Å²) in [6.07, 6.45) is 0.867. The van der Waals surface area contributed by atoms with Crippen molar-refractivity contribution in [2.45, 2.75) is 37.1 Å². The van der Waals surface area contributed by atoms with Crippen LogP contribution in [0, 0.1) is 0 Å². The van der Waals surface area contributed by atoms with E-state index in [0.717, 1.165) is 29.1 Å². The van der Waals surface area contributed by atoms with Crippen molar-refractivity contribution in [3.05, 3.63) is 71.2 Å². The molecule has 0 aliphatic heterocycles. The fraction of sp³-hybridized carbons (Fsp3) is 0.235. The van der Waals surface area contributed by atoms with Crippen molar-refractivity contribution >= 4 is 33.0 Å². The lowest BCUT2D eigenvalue weighted by atomic mass is 10.1. The molecule has 0 aliphatic rings. The van der Waals surface area contributed by atoms with Crippen molar-refractivity contribution in [2.24, 2.45) is 0 Å². The third kappa shape index (κ3) is 4.23. The van der Waals surface area contributed by atoms with E-state index >= 15 is 0 Å². The Morgan fingerprint density at radius 3 is 2.20 bits per heavy atom. The molecule has 0 bridgehead atoms. The minimum Gasteiger partial charge on any atom is -0.271 e. The molecule has 0 saturated carbocycles. The van der Waals surface area contributed by atoms with Gasteiger partial charge in [-0.15, -0.1) is 0 Å². The first-order valence-corrected chi connectivity index (χ1v) is 10.3. The van der Waals surface area contributed by atoms with E-state index in [1.165, 1.54) is 0 Å². The molecule has 10 nitrogen and oxygen atoms in total. The highest BCUT2D eigenvalue weighted by atomic mass is 35.5. The molecule has 30 heavy (non-hydrogen) atoms. The van der Waals surface area contributed by atoms with Crippen molar-refractivity contribution in [1.82, 2.24) is 25.0 Å². The molecular weight excluding hydrogens is 457 g/mol. The van der Waals surface area contributed by atoms with E-state index in [2.05, 4.69) is 15.3 Å². The van der Waals surface area contributed by atoms with Crippen LogP contribution in [0.25, 0.3) is 5.69 Å². The minimum atomic E-state index is -4.30. The highest BCUT2D eigenvalue weighted by Crippen LogP contribution is 2.35. The van der Waals surface area contributed by atoms with E-state index in [1.54, 1.807) is 13.8 Å².